The Balaban J connectivity index is 2.14. The third-order valence-electron chi connectivity index (χ3n) is 2.46. The van der Waals surface area contributed by atoms with Crippen LogP contribution in [-0.2, 0) is 13.6 Å². The number of nitrogens with zero attached hydrogens (tertiary/aromatic N) is 1. The zero-order valence-electron chi connectivity index (χ0n) is 8.87. The van der Waals surface area contributed by atoms with Crippen LogP contribution in [0.3, 0.4) is 0 Å². The first-order valence-corrected chi connectivity index (χ1v) is 6.55. The summed E-state index contributed by atoms with van der Waals surface area (Å²) >= 11 is 7.06. The molecule has 0 radical (unpaired) electrons. The zero-order valence-corrected chi connectivity index (χ0v) is 12.0. The molecular weight excluding hydrogens is 332 g/mol. The fourth-order valence-electron chi connectivity index (χ4n) is 1.53. The van der Waals surface area contributed by atoms with Crippen LogP contribution in [0.4, 0.5) is 5.69 Å². The molecule has 84 valence electrons. The molecule has 4 heteroatoms. The summed E-state index contributed by atoms with van der Waals surface area (Å²) in [5.41, 5.74) is 2.34. The Kier molecular flexibility index (Phi) is 3.71. The molecule has 0 atom stereocenters. The molecule has 2 rings (SSSR count). The summed E-state index contributed by atoms with van der Waals surface area (Å²) in [5.74, 6) is 0. The van der Waals surface area contributed by atoms with E-state index in [4.69, 9.17) is 0 Å². The highest BCUT2D eigenvalue weighted by molar-refractivity contribution is 9.11. The number of benzene rings is 1. The van der Waals surface area contributed by atoms with Gasteiger partial charge in [-0.1, -0.05) is 6.07 Å². The highest BCUT2D eigenvalue weighted by Crippen LogP contribution is 2.30. The van der Waals surface area contributed by atoms with Gasteiger partial charge < -0.3 is 9.88 Å². The fraction of sp³-hybridized carbons (Fsp3) is 0.167. The van der Waals surface area contributed by atoms with Crippen LogP contribution in [0.5, 0.6) is 0 Å². The molecule has 0 aliphatic carbocycles. The number of anilines is 1. The second kappa shape index (κ2) is 5.06. The van der Waals surface area contributed by atoms with Crippen LogP contribution in [0.25, 0.3) is 0 Å². The molecule has 0 unspecified atom stereocenters. The number of rotatable bonds is 3. The minimum atomic E-state index is 0.810. The summed E-state index contributed by atoms with van der Waals surface area (Å²) in [6.45, 7) is 0.810. The number of hydrogen-bond acceptors (Lipinski definition) is 1. The number of nitrogens with one attached hydrogen (secondary N) is 1. The molecule has 0 aliphatic heterocycles. The Labute approximate surface area is 112 Å². The van der Waals surface area contributed by atoms with Crippen molar-refractivity contribution in [3.8, 4) is 0 Å². The largest absolute Gasteiger partial charge is 0.378 e. The number of aromatic nitrogens is 1. The van der Waals surface area contributed by atoms with Gasteiger partial charge in [-0.3, -0.25) is 0 Å². The molecule has 0 amide bonds. The molecule has 1 aromatic carbocycles. The predicted octanol–water partition coefficient (Wildman–Crippen LogP) is 4.16. The van der Waals surface area contributed by atoms with Crippen LogP contribution >= 0.6 is 31.9 Å². The van der Waals surface area contributed by atoms with E-state index in [-0.39, 0.29) is 0 Å². The summed E-state index contributed by atoms with van der Waals surface area (Å²) in [7, 11) is 2.05. The smallest absolute Gasteiger partial charge is 0.0632 e. The summed E-state index contributed by atoms with van der Waals surface area (Å²) in [5, 5.41) is 3.41. The number of halogens is 2. The van der Waals surface area contributed by atoms with Crippen molar-refractivity contribution in [3.05, 3.63) is 51.2 Å². The quantitative estimate of drug-likeness (QED) is 0.885. The van der Waals surface area contributed by atoms with Gasteiger partial charge in [-0.25, -0.2) is 0 Å². The Bertz CT molecular complexity index is 471. The molecule has 2 nitrogen and oxygen atoms in total. The second-order valence-electron chi connectivity index (χ2n) is 3.56. The molecule has 1 N–H and O–H groups in total. The van der Waals surface area contributed by atoms with Crippen molar-refractivity contribution in [3.63, 3.8) is 0 Å². The maximum atomic E-state index is 3.53. The van der Waals surface area contributed by atoms with Crippen molar-refractivity contribution in [2.75, 3.05) is 5.32 Å². The van der Waals surface area contributed by atoms with Crippen LogP contribution in [0.1, 0.15) is 5.69 Å². The molecule has 0 saturated heterocycles. The molecule has 0 fully saturated rings. The second-order valence-corrected chi connectivity index (χ2v) is 5.27. The van der Waals surface area contributed by atoms with Gasteiger partial charge >= 0.3 is 0 Å². The topological polar surface area (TPSA) is 17.0 Å². The van der Waals surface area contributed by atoms with Gasteiger partial charge in [0.05, 0.1) is 12.2 Å². The fourth-order valence-corrected chi connectivity index (χ4v) is 2.80. The van der Waals surface area contributed by atoms with Crippen LogP contribution in [-0.4, -0.2) is 4.57 Å². The summed E-state index contributed by atoms with van der Waals surface area (Å²) in [4.78, 5) is 0. The maximum Gasteiger partial charge on any atom is 0.0632 e. The van der Waals surface area contributed by atoms with E-state index in [0.717, 1.165) is 21.2 Å². The van der Waals surface area contributed by atoms with Gasteiger partial charge in [0.1, 0.15) is 0 Å². The minimum absolute atomic E-state index is 0.810. The van der Waals surface area contributed by atoms with E-state index >= 15 is 0 Å². The highest BCUT2D eigenvalue weighted by Gasteiger charge is 2.04. The number of hydrogen-bond donors (Lipinski definition) is 1. The van der Waals surface area contributed by atoms with Crippen LogP contribution in [0, 0.1) is 0 Å². The first kappa shape index (κ1) is 11.7. The van der Waals surface area contributed by atoms with Crippen LogP contribution in [0.2, 0.25) is 0 Å². The molecule has 16 heavy (non-hydrogen) atoms. The van der Waals surface area contributed by atoms with E-state index in [1.807, 2.05) is 37.5 Å². The minimum Gasteiger partial charge on any atom is -0.378 e. The molecule has 0 spiro atoms. The maximum absolute atomic E-state index is 3.53. The summed E-state index contributed by atoms with van der Waals surface area (Å²) in [6, 6.07) is 10.2. The molecule has 2 aromatic rings. The lowest BCUT2D eigenvalue weighted by Gasteiger charge is -2.11. The van der Waals surface area contributed by atoms with E-state index < -0.39 is 0 Å². The SMILES string of the molecule is Cn1cccc1CNc1c(Br)cccc1Br. The Morgan fingerprint density at radius 3 is 2.38 bits per heavy atom. The third kappa shape index (κ3) is 2.50. The van der Waals surface area contributed by atoms with Gasteiger partial charge in [0.25, 0.3) is 0 Å². The van der Waals surface area contributed by atoms with Crippen molar-refractivity contribution in [2.24, 2.45) is 7.05 Å². The standard InChI is InChI=1S/C12H12Br2N2/c1-16-7-3-4-9(16)8-15-12-10(13)5-2-6-11(12)14/h2-7,15H,8H2,1H3. The van der Waals surface area contributed by atoms with Gasteiger partial charge in [0, 0.05) is 27.9 Å². The normalized spacial score (nSPS) is 10.4. The van der Waals surface area contributed by atoms with Crippen molar-refractivity contribution >= 4 is 37.5 Å². The van der Waals surface area contributed by atoms with Crippen molar-refractivity contribution < 1.29 is 0 Å². The molecule has 0 bridgehead atoms. The predicted molar refractivity (Wildman–Crippen MR) is 74.6 cm³/mol. The lowest BCUT2D eigenvalue weighted by atomic mass is 10.3. The Morgan fingerprint density at radius 2 is 1.81 bits per heavy atom. The van der Waals surface area contributed by atoms with Gasteiger partial charge in [0.15, 0.2) is 0 Å². The molecule has 1 heterocycles. The van der Waals surface area contributed by atoms with Gasteiger partial charge in [0.2, 0.25) is 0 Å². The lowest BCUT2D eigenvalue weighted by Crippen LogP contribution is -2.04. The third-order valence-corrected chi connectivity index (χ3v) is 3.78. The zero-order chi connectivity index (χ0) is 11.5. The summed E-state index contributed by atoms with van der Waals surface area (Å²) in [6.07, 6.45) is 2.05. The van der Waals surface area contributed by atoms with Crippen molar-refractivity contribution in [1.29, 1.82) is 0 Å². The Morgan fingerprint density at radius 1 is 1.12 bits per heavy atom. The van der Waals surface area contributed by atoms with Gasteiger partial charge in [-0.05, 0) is 56.1 Å². The van der Waals surface area contributed by atoms with Crippen LogP contribution < -0.4 is 5.32 Å². The first-order valence-electron chi connectivity index (χ1n) is 4.96. The molecular formula is C12H12Br2N2. The van der Waals surface area contributed by atoms with E-state index in [0.29, 0.717) is 0 Å². The lowest BCUT2D eigenvalue weighted by molar-refractivity contribution is 0.842. The van der Waals surface area contributed by atoms with E-state index in [9.17, 15) is 0 Å². The van der Waals surface area contributed by atoms with Gasteiger partial charge in [-0.15, -0.1) is 0 Å². The van der Waals surface area contributed by atoms with Gasteiger partial charge in [-0.2, -0.15) is 0 Å². The van der Waals surface area contributed by atoms with E-state index in [2.05, 4.69) is 47.8 Å². The number of para-hydroxylation sites is 1. The van der Waals surface area contributed by atoms with Crippen LogP contribution in [0.15, 0.2) is 45.5 Å². The molecule has 1 aromatic heterocycles. The summed E-state index contributed by atoms with van der Waals surface area (Å²) < 4.78 is 4.24. The van der Waals surface area contributed by atoms with E-state index in [1.54, 1.807) is 0 Å². The number of aryl methyl sites for hydroxylation is 1. The monoisotopic (exact) mass is 342 g/mol. The highest BCUT2D eigenvalue weighted by atomic mass is 79.9. The molecule has 0 aliphatic rings. The molecule has 0 saturated carbocycles. The van der Waals surface area contributed by atoms with E-state index in [1.165, 1.54) is 5.69 Å². The average molecular weight is 344 g/mol. The van der Waals surface area contributed by atoms with Crippen molar-refractivity contribution in [2.45, 2.75) is 6.54 Å². The Hall–Kier alpha value is -0.740. The van der Waals surface area contributed by atoms with Crippen molar-refractivity contribution in [1.82, 2.24) is 4.57 Å². The first-order chi connectivity index (χ1) is 7.68. The average Bonchev–Trinajstić information content (AvgIpc) is 2.64.